The summed E-state index contributed by atoms with van der Waals surface area (Å²) in [5.41, 5.74) is 9.17. The van der Waals surface area contributed by atoms with Crippen molar-refractivity contribution < 1.29 is 0 Å². The Morgan fingerprint density at radius 1 is 1.38 bits per heavy atom. The maximum Gasteiger partial charge on any atom is 0.106 e. The Hall–Kier alpha value is -1.000. The highest BCUT2D eigenvalue weighted by atomic mass is 79.9. The number of para-hydroxylation sites is 1. The molecule has 0 bridgehead atoms. The van der Waals surface area contributed by atoms with E-state index in [1.54, 1.807) is 10.7 Å². The van der Waals surface area contributed by atoms with Crippen molar-refractivity contribution in [1.29, 1.82) is 0 Å². The summed E-state index contributed by atoms with van der Waals surface area (Å²) in [7, 11) is 0. The number of aromatic nitrogens is 2. The molecule has 0 saturated carbocycles. The molecule has 0 radical (unpaired) electrons. The van der Waals surface area contributed by atoms with E-state index in [1.165, 1.54) is 0 Å². The minimum Gasteiger partial charge on any atom is -0.397 e. The van der Waals surface area contributed by atoms with Gasteiger partial charge in [0.2, 0.25) is 0 Å². The molecule has 0 saturated heterocycles. The van der Waals surface area contributed by atoms with Crippen molar-refractivity contribution in [3.63, 3.8) is 0 Å². The molecule has 0 aliphatic carbocycles. The molecule has 0 fully saturated rings. The van der Waals surface area contributed by atoms with Crippen molar-refractivity contribution in [3.05, 3.63) is 39.1 Å². The predicted octanol–water partition coefficient (Wildman–Crippen LogP) is 3.49. The van der Waals surface area contributed by atoms with Crippen LogP contribution >= 0.6 is 27.5 Å². The van der Waals surface area contributed by atoms with Crippen LogP contribution in [0.5, 0.6) is 0 Å². The van der Waals surface area contributed by atoms with Crippen LogP contribution in [0.3, 0.4) is 0 Å². The number of nitrogens with two attached hydrogens (primary N) is 1. The fraction of sp³-hybridized carbons (Fsp3) is 0.182. The van der Waals surface area contributed by atoms with E-state index in [2.05, 4.69) is 21.0 Å². The van der Waals surface area contributed by atoms with Gasteiger partial charge >= 0.3 is 0 Å². The molecule has 1 aromatic heterocycles. The molecule has 1 heterocycles. The first-order chi connectivity index (χ1) is 7.52. The van der Waals surface area contributed by atoms with Crippen LogP contribution in [0.25, 0.3) is 5.69 Å². The van der Waals surface area contributed by atoms with E-state index < -0.39 is 0 Å². The second-order valence-electron chi connectivity index (χ2n) is 3.57. The first-order valence-electron chi connectivity index (χ1n) is 4.78. The van der Waals surface area contributed by atoms with E-state index in [0.717, 1.165) is 21.5 Å². The largest absolute Gasteiger partial charge is 0.397 e. The molecule has 0 aliphatic rings. The van der Waals surface area contributed by atoms with Crippen LogP contribution in [-0.2, 0) is 0 Å². The number of rotatable bonds is 1. The number of halogens is 2. The SMILES string of the molecule is Cc1nn(-c2c(N)cccc2Cl)c(C)c1Br. The molecular formula is C11H11BrClN3. The molecule has 0 aliphatic heterocycles. The average molecular weight is 301 g/mol. The molecule has 3 nitrogen and oxygen atoms in total. The fourth-order valence-corrected chi connectivity index (χ4v) is 2.11. The Bertz CT molecular complexity index is 528. The van der Waals surface area contributed by atoms with Gasteiger partial charge in [0.25, 0.3) is 0 Å². The quantitative estimate of drug-likeness (QED) is 0.819. The minimum absolute atomic E-state index is 0.595. The van der Waals surface area contributed by atoms with Gasteiger partial charge in [0.1, 0.15) is 5.69 Å². The Morgan fingerprint density at radius 2 is 2.06 bits per heavy atom. The van der Waals surface area contributed by atoms with Crippen molar-refractivity contribution in [2.24, 2.45) is 0 Å². The lowest BCUT2D eigenvalue weighted by Crippen LogP contribution is -2.04. The molecule has 1 aromatic carbocycles. The minimum atomic E-state index is 0.595. The summed E-state index contributed by atoms with van der Waals surface area (Å²) >= 11 is 9.62. The molecule has 2 N–H and O–H groups in total. The lowest BCUT2D eigenvalue weighted by molar-refractivity contribution is 0.835. The van der Waals surface area contributed by atoms with E-state index in [9.17, 15) is 0 Å². The van der Waals surface area contributed by atoms with Gasteiger partial charge < -0.3 is 5.73 Å². The second-order valence-corrected chi connectivity index (χ2v) is 4.77. The Kier molecular flexibility index (Phi) is 2.95. The zero-order valence-corrected chi connectivity index (χ0v) is 11.3. The standard InChI is InChI=1S/C11H11BrClN3/c1-6-10(12)7(2)16(15-6)11-8(13)4-3-5-9(11)14/h3-5H,14H2,1-2H3. The van der Waals surface area contributed by atoms with Gasteiger partial charge in [0, 0.05) is 0 Å². The van der Waals surface area contributed by atoms with Gasteiger partial charge in [-0.1, -0.05) is 17.7 Å². The summed E-state index contributed by atoms with van der Waals surface area (Å²) in [4.78, 5) is 0. The molecule has 5 heteroatoms. The molecule has 0 atom stereocenters. The Labute approximate surface area is 107 Å². The number of nitrogens with zero attached hydrogens (tertiary/aromatic N) is 2. The van der Waals surface area contributed by atoms with Crippen LogP contribution in [0.1, 0.15) is 11.4 Å². The van der Waals surface area contributed by atoms with Gasteiger partial charge in [0.15, 0.2) is 0 Å². The summed E-state index contributed by atoms with van der Waals surface area (Å²) in [5, 5.41) is 5.00. The Balaban J connectivity index is 2.72. The first-order valence-corrected chi connectivity index (χ1v) is 5.95. The first kappa shape index (κ1) is 11.5. The molecule has 2 aromatic rings. The summed E-state index contributed by atoms with van der Waals surface area (Å²) in [6.45, 7) is 3.90. The van der Waals surface area contributed by atoms with E-state index >= 15 is 0 Å². The van der Waals surface area contributed by atoms with E-state index in [-0.39, 0.29) is 0 Å². The number of anilines is 1. The van der Waals surface area contributed by atoms with Crippen LogP contribution in [0.15, 0.2) is 22.7 Å². The molecular weight excluding hydrogens is 289 g/mol. The molecule has 0 unspecified atom stereocenters. The topological polar surface area (TPSA) is 43.8 Å². The highest BCUT2D eigenvalue weighted by Crippen LogP contribution is 2.30. The molecule has 2 rings (SSSR count). The van der Waals surface area contributed by atoms with Crippen molar-refractivity contribution in [3.8, 4) is 5.69 Å². The molecule has 84 valence electrons. The number of aryl methyl sites for hydroxylation is 1. The Morgan fingerprint density at radius 3 is 2.56 bits per heavy atom. The van der Waals surface area contributed by atoms with Gasteiger partial charge in [-0.3, -0.25) is 0 Å². The number of nitrogen functional groups attached to an aromatic ring is 1. The van der Waals surface area contributed by atoms with Gasteiger partial charge in [-0.2, -0.15) is 5.10 Å². The molecule has 0 spiro atoms. The monoisotopic (exact) mass is 299 g/mol. The maximum atomic E-state index is 6.14. The van der Waals surface area contributed by atoms with E-state index in [4.69, 9.17) is 17.3 Å². The van der Waals surface area contributed by atoms with Gasteiger partial charge in [-0.25, -0.2) is 4.68 Å². The van der Waals surface area contributed by atoms with Gasteiger partial charge in [-0.15, -0.1) is 0 Å². The van der Waals surface area contributed by atoms with Crippen LogP contribution in [0.2, 0.25) is 5.02 Å². The predicted molar refractivity (Wildman–Crippen MR) is 70.2 cm³/mol. The fourth-order valence-electron chi connectivity index (χ4n) is 1.60. The summed E-state index contributed by atoms with van der Waals surface area (Å²) in [6, 6.07) is 5.44. The lowest BCUT2D eigenvalue weighted by atomic mass is 10.2. The van der Waals surface area contributed by atoms with Crippen molar-refractivity contribution in [2.75, 3.05) is 5.73 Å². The summed E-state index contributed by atoms with van der Waals surface area (Å²) in [6.07, 6.45) is 0. The third kappa shape index (κ3) is 1.72. The van der Waals surface area contributed by atoms with Crippen LogP contribution < -0.4 is 5.73 Å². The van der Waals surface area contributed by atoms with Gasteiger partial charge in [-0.05, 0) is 41.9 Å². The van der Waals surface area contributed by atoms with Crippen molar-refractivity contribution >= 4 is 33.2 Å². The van der Waals surface area contributed by atoms with Gasteiger partial charge in [0.05, 0.1) is 26.6 Å². The summed E-state index contributed by atoms with van der Waals surface area (Å²) in [5.74, 6) is 0. The van der Waals surface area contributed by atoms with Crippen LogP contribution in [-0.4, -0.2) is 9.78 Å². The van der Waals surface area contributed by atoms with Crippen molar-refractivity contribution in [2.45, 2.75) is 13.8 Å². The van der Waals surface area contributed by atoms with Crippen molar-refractivity contribution in [1.82, 2.24) is 9.78 Å². The molecule has 0 amide bonds. The lowest BCUT2D eigenvalue weighted by Gasteiger charge is -2.09. The van der Waals surface area contributed by atoms with Crippen LogP contribution in [0.4, 0.5) is 5.69 Å². The third-order valence-electron chi connectivity index (χ3n) is 2.43. The highest BCUT2D eigenvalue weighted by molar-refractivity contribution is 9.10. The zero-order chi connectivity index (χ0) is 11.9. The summed E-state index contributed by atoms with van der Waals surface area (Å²) < 4.78 is 2.74. The van der Waals surface area contributed by atoms with Crippen LogP contribution in [0, 0.1) is 13.8 Å². The highest BCUT2D eigenvalue weighted by Gasteiger charge is 2.14. The smallest absolute Gasteiger partial charge is 0.106 e. The number of hydrogen-bond acceptors (Lipinski definition) is 2. The van der Waals surface area contributed by atoms with E-state index in [0.29, 0.717) is 10.7 Å². The zero-order valence-electron chi connectivity index (χ0n) is 8.96. The van der Waals surface area contributed by atoms with E-state index in [1.807, 2.05) is 26.0 Å². The average Bonchev–Trinajstić information content (AvgIpc) is 2.47. The molecule has 16 heavy (non-hydrogen) atoms. The maximum absolute atomic E-state index is 6.14. The normalized spacial score (nSPS) is 10.8. The number of hydrogen-bond donors (Lipinski definition) is 1. The second kappa shape index (κ2) is 4.11. The number of benzene rings is 1. The third-order valence-corrected chi connectivity index (χ3v) is 3.89.